The Bertz CT molecular complexity index is 388. The zero-order chi connectivity index (χ0) is 11.4. The Hall–Kier alpha value is -1.71. The minimum absolute atomic E-state index is 0.186. The molecular weight excluding hydrogens is 202 g/mol. The Labute approximate surface area is 85.9 Å². The number of rotatable bonds is 4. The third-order valence-corrected chi connectivity index (χ3v) is 2.05. The van der Waals surface area contributed by atoms with Crippen molar-refractivity contribution in [2.45, 2.75) is 12.3 Å². The number of benzene rings is 1. The lowest BCUT2D eigenvalue weighted by Gasteiger charge is -2.10. The summed E-state index contributed by atoms with van der Waals surface area (Å²) in [5.74, 6) is -3.44. The minimum atomic E-state index is -1.01. The van der Waals surface area contributed by atoms with Crippen molar-refractivity contribution in [2.24, 2.45) is 0 Å². The molecule has 0 fully saturated rings. The van der Waals surface area contributed by atoms with Gasteiger partial charge < -0.3 is 5.11 Å². The van der Waals surface area contributed by atoms with E-state index in [1.807, 2.05) is 0 Å². The molecule has 1 rings (SSSR count). The van der Waals surface area contributed by atoms with Gasteiger partial charge in [0.2, 0.25) is 0 Å². The van der Waals surface area contributed by atoms with E-state index in [4.69, 9.17) is 5.11 Å². The average molecular weight is 212 g/mol. The molecular formula is C11H10F2O2. The molecule has 0 aliphatic heterocycles. The fourth-order valence-electron chi connectivity index (χ4n) is 1.27. The molecule has 0 aliphatic rings. The van der Waals surface area contributed by atoms with Crippen LogP contribution in [0.15, 0.2) is 30.9 Å². The van der Waals surface area contributed by atoms with Crippen molar-refractivity contribution in [3.8, 4) is 0 Å². The molecule has 0 aromatic heterocycles. The summed E-state index contributed by atoms with van der Waals surface area (Å²) in [6, 6.07) is 3.32. The second-order valence-corrected chi connectivity index (χ2v) is 3.11. The van der Waals surface area contributed by atoms with Crippen LogP contribution >= 0.6 is 0 Å². The van der Waals surface area contributed by atoms with Crippen LogP contribution in [0.25, 0.3) is 0 Å². The van der Waals surface area contributed by atoms with Gasteiger partial charge in [-0.2, -0.15) is 0 Å². The summed E-state index contributed by atoms with van der Waals surface area (Å²) in [6.45, 7) is 3.46. The van der Waals surface area contributed by atoms with E-state index >= 15 is 0 Å². The van der Waals surface area contributed by atoms with Gasteiger partial charge in [-0.1, -0.05) is 12.1 Å². The Morgan fingerprint density at radius 1 is 1.47 bits per heavy atom. The number of hydrogen-bond acceptors (Lipinski definition) is 1. The van der Waals surface area contributed by atoms with Gasteiger partial charge in [-0.3, -0.25) is 4.79 Å². The monoisotopic (exact) mass is 212 g/mol. The van der Waals surface area contributed by atoms with Crippen molar-refractivity contribution >= 4 is 5.97 Å². The molecule has 0 radical (unpaired) electrons. The first-order chi connectivity index (χ1) is 7.04. The molecule has 0 amide bonds. The van der Waals surface area contributed by atoms with Crippen molar-refractivity contribution in [1.82, 2.24) is 0 Å². The second-order valence-electron chi connectivity index (χ2n) is 3.11. The lowest BCUT2D eigenvalue weighted by atomic mass is 9.96. The van der Waals surface area contributed by atoms with E-state index < -0.39 is 23.5 Å². The molecule has 1 aromatic carbocycles. The molecule has 1 atom stereocenters. The van der Waals surface area contributed by atoms with Gasteiger partial charge >= 0.3 is 5.97 Å². The Balaban J connectivity index is 2.97. The largest absolute Gasteiger partial charge is 0.481 e. The molecule has 0 saturated carbocycles. The Kier molecular flexibility index (Phi) is 3.55. The molecule has 0 saturated heterocycles. The van der Waals surface area contributed by atoms with Crippen molar-refractivity contribution in [3.05, 3.63) is 48.1 Å². The van der Waals surface area contributed by atoms with Gasteiger partial charge in [0.15, 0.2) is 11.6 Å². The zero-order valence-corrected chi connectivity index (χ0v) is 7.91. The maximum Gasteiger partial charge on any atom is 0.304 e. The van der Waals surface area contributed by atoms with E-state index in [0.717, 1.165) is 12.1 Å². The number of carboxylic acid groups (broad SMARTS) is 1. The third kappa shape index (κ3) is 2.87. The molecule has 0 bridgehead atoms. The van der Waals surface area contributed by atoms with Crippen molar-refractivity contribution in [1.29, 1.82) is 0 Å². The topological polar surface area (TPSA) is 37.3 Å². The summed E-state index contributed by atoms with van der Waals surface area (Å²) in [4.78, 5) is 10.5. The summed E-state index contributed by atoms with van der Waals surface area (Å²) < 4.78 is 25.5. The van der Waals surface area contributed by atoms with Crippen LogP contribution in [-0.4, -0.2) is 11.1 Å². The zero-order valence-electron chi connectivity index (χ0n) is 7.91. The second kappa shape index (κ2) is 4.68. The smallest absolute Gasteiger partial charge is 0.304 e. The summed E-state index contributed by atoms with van der Waals surface area (Å²) in [6.07, 6.45) is 1.22. The number of carbonyl (C=O) groups is 1. The van der Waals surface area contributed by atoms with E-state index in [1.165, 1.54) is 12.1 Å². The average Bonchev–Trinajstić information content (AvgIpc) is 2.18. The van der Waals surface area contributed by atoms with E-state index in [9.17, 15) is 13.6 Å². The van der Waals surface area contributed by atoms with Crippen LogP contribution in [-0.2, 0) is 4.79 Å². The maximum absolute atomic E-state index is 12.9. The highest BCUT2D eigenvalue weighted by atomic mass is 19.2. The first kappa shape index (κ1) is 11.4. The molecule has 2 nitrogen and oxygen atoms in total. The number of carboxylic acids is 1. The van der Waals surface area contributed by atoms with Gasteiger partial charge in [0.25, 0.3) is 0 Å². The minimum Gasteiger partial charge on any atom is -0.481 e. The van der Waals surface area contributed by atoms with Crippen LogP contribution in [0, 0.1) is 11.6 Å². The van der Waals surface area contributed by atoms with Crippen LogP contribution in [0.1, 0.15) is 17.9 Å². The third-order valence-electron chi connectivity index (χ3n) is 2.05. The van der Waals surface area contributed by atoms with Crippen LogP contribution in [0.5, 0.6) is 0 Å². The highest BCUT2D eigenvalue weighted by molar-refractivity contribution is 5.68. The van der Waals surface area contributed by atoms with Gasteiger partial charge in [-0.05, 0) is 17.7 Å². The molecule has 0 spiro atoms. The molecule has 15 heavy (non-hydrogen) atoms. The molecule has 80 valence electrons. The molecule has 1 unspecified atom stereocenters. The molecule has 1 N–H and O–H groups in total. The fraction of sp³-hybridized carbons (Fsp3) is 0.182. The van der Waals surface area contributed by atoms with Crippen LogP contribution in [0.3, 0.4) is 0 Å². The quantitative estimate of drug-likeness (QED) is 0.779. The summed E-state index contributed by atoms with van der Waals surface area (Å²) in [5.41, 5.74) is 0.409. The molecule has 1 aromatic rings. The fourth-order valence-corrected chi connectivity index (χ4v) is 1.27. The SMILES string of the molecule is C=CC(CC(=O)O)c1ccc(F)c(F)c1. The lowest BCUT2D eigenvalue weighted by molar-refractivity contribution is -0.137. The van der Waals surface area contributed by atoms with Gasteiger partial charge in [0.1, 0.15) is 0 Å². The van der Waals surface area contributed by atoms with Gasteiger partial charge in [-0.25, -0.2) is 8.78 Å². The van der Waals surface area contributed by atoms with Crippen molar-refractivity contribution < 1.29 is 18.7 Å². The lowest BCUT2D eigenvalue weighted by Crippen LogP contribution is -2.04. The number of aliphatic carboxylic acids is 1. The number of hydrogen-bond donors (Lipinski definition) is 1. The standard InChI is InChI=1S/C11H10F2O2/c1-2-7(6-11(14)15)8-3-4-9(12)10(13)5-8/h2-5,7H,1,6H2,(H,14,15). The molecule has 4 heteroatoms. The van der Waals surface area contributed by atoms with Gasteiger partial charge in [0.05, 0.1) is 6.42 Å². The Morgan fingerprint density at radius 3 is 2.60 bits per heavy atom. The van der Waals surface area contributed by atoms with Gasteiger partial charge in [-0.15, -0.1) is 6.58 Å². The van der Waals surface area contributed by atoms with E-state index in [2.05, 4.69) is 6.58 Å². The van der Waals surface area contributed by atoms with E-state index in [0.29, 0.717) is 5.56 Å². The molecule has 0 heterocycles. The van der Waals surface area contributed by atoms with Gasteiger partial charge in [0, 0.05) is 5.92 Å². The highest BCUT2D eigenvalue weighted by Crippen LogP contribution is 2.22. The summed E-state index contributed by atoms with van der Waals surface area (Å²) >= 11 is 0. The van der Waals surface area contributed by atoms with Crippen LogP contribution in [0.2, 0.25) is 0 Å². The number of halogens is 2. The summed E-state index contributed by atoms with van der Waals surface area (Å²) in [7, 11) is 0. The van der Waals surface area contributed by atoms with E-state index in [1.54, 1.807) is 0 Å². The first-order valence-electron chi connectivity index (χ1n) is 4.34. The predicted octanol–water partition coefficient (Wildman–Crippen LogP) is 2.71. The maximum atomic E-state index is 12.9. The van der Waals surface area contributed by atoms with Crippen molar-refractivity contribution in [2.75, 3.05) is 0 Å². The van der Waals surface area contributed by atoms with Crippen LogP contribution < -0.4 is 0 Å². The van der Waals surface area contributed by atoms with E-state index in [-0.39, 0.29) is 6.42 Å². The normalized spacial score (nSPS) is 12.1. The highest BCUT2D eigenvalue weighted by Gasteiger charge is 2.13. The Morgan fingerprint density at radius 2 is 2.13 bits per heavy atom. The summed E-state index contributed by atoms with van der Waals surface area (Å²) in [5, 5.41) is 8.58. The number of allylic oxidation sites excluding steroid dienone is 1. The first-order valence-corrected chi connectivity index (χ1v) is 4.34. The predicted molar refractivity (Wildman–Crippen MR) is 51.5 cm³/mol. The van der Waals surface area contributed by atoms with Crippen LogP contribution in [0.4, 0.5) is 8.78 Å². The molecule has 0 aliphatic carbocycles. The van der Waals surface area contributed by atoms with Crippen molar-refractivity contribution in [3.63, 3.8) is 0 Å².